The molecule has 0 aliphatic rings. The second kappa shape index (κ2) is 7.06. The number of carbonyl (C=O) groups excluding carboxylic acids is 2. The predicted molar refractivity (Wildman–Crippen MR) is 81.3 cm³/mol. The molecule has 0 heterocycles. The summed E-state index contributed by atoms with van der Waals surface area (Å²) in [5, 5.41) is 3.12. The van der Waals surface area contributed by atoms with Crippen molar-refractivity contribution in [2.24, 2.45) is 5.11 Å². The zero-order chi connectivity index (χ0) is 15.9. The molecule has 6 nitrogen and oxygen atoms in total. The molecule has 0 N–H and O–H groups in total. The molecule has 2 aromatic carbocycles. The van der Waals surface area contributed by atoms with Crippen molar-refractivity contribution >= 4 is 11.9 Å². The summed E-state index contributed by atoms with van der Waals surface area (Å²) in [7, 11) is 0. The minimum atomic E-state index is -0.697. The molecule has 2 rings (SSSR count). The molecule has 0 aromatic heterocycles. The maximum atomic E-state index is 12.1. The van der Waals surface area contributed by atoms with Gasteiger partial charge in [0.05, 0.1) is 12.2 Å². The molecule has 0 aliphatic heterocycles. The molecule has 0 unspecified atom stereocenters. The van der Waals surface area contributed by atoms with Crippen LogP contribution in [0.5, 0.6) is 0 Å². The molecule has 0 radical (unpaired) electrons. The average molecular weight is 295 g/mol. The van der Waals surface area contributed by atoms with E-state index < -0.39 is 11.9 Å². The normalized spacial score (nSPS) is 9.68. The fourth-order valence-corrected chi connectivity index (χ4v) is 2.10. The van der Waals surface area contributed by atoms with Crippen molar-refractivity contribution in [1.29, 1.82) is 0 Å². The summed E-state index contributed by atoms with van der Waals surface area (Å²) in [5.41, 5.74) is 10.1. The van der Waals surface area contributed by atoms with Gasteiger partial charge in [0, 0.05) is 10.5 Å². The van der Waals surface area contributed by atoms with Gasteiger partial charge in [-0.25, -0.2) is 4.79 Å². The molecule has 0 atom stereocenters. The number of ether oxygens (including phenoxy) is 1. The van der Waals surface area contributed by atoms with Crippen molar-refractivity contribution in [3.05, 3.63) is 70.1 Å². The lowest BCUT2D eigenvalue weighted by Gasteiger charge is -2.11. The van der Waals surface area contributed by atoms with Gasteiger partial charge in [-0.2, -0.15) is 0 Å². The van der Waals surface area contributed by atoms with Crippen LogP contribution in [0.15, 0.2) is 53.6 Å². The minimum absolute atomic E-state index is 0.233. The van der Waals surface area contributed by atoms with Crippen LogP contribution in [0, 0.1) is 0 Å². The van der Waals surface area contributed by atoms with E-state index in [0.29, 0.717) is 16.7 Å². The highest BCUT2D eigenvalue weighted by Crippen LogP contribution is 2.28. The van der Waals surface area contributed by atoms with Gasteiger partial charge in [0.15, 0.2) is 0 Å². The smallest absolute Gasteiger partial charge is 0.338 e. The number of rotatable bonds is 4. The average Bonchev–Trinajstić information content (AvgIpc) is 2.55. The standard InChI is InChI=1S/C16H13N3O3/c1-2-22-16(21)14-10-6-4-8-12(14)11-7-3-5-9-13(11)15(20)18-19-17/h3-10H,2H2,1H3. The number of benzene rings is 2. The Balaban J connectivity index is 2.61. The lowest BCUT2D eigenvalue weighted by molar-refractivity contribution is 0.0527. The zero-order valence-electron chi connectivity index (χ0n) is 11.9. The van der Waals surface area contributed by atoms with E-state index >= 15 is 0 Å². The molecule has 22 heavy (non-hydrogen) atoms. The van der Waals surface area contributed by atoms with Gasteiger partial charge in [-0.3, -0.25) is 4.79 Å². The van der Waals surface area contributed by atoms with E-state index in [-0.39, 0.29) is 12.2 Å². The number of esters is 1. The Morgan fingerprint density at radius 3 is 2.18 bits per heavy atom. The molecule has 0 aliphatic carbocycles. The molecule has 1 amide bonds. The first kappa shape index (κ1) is 15.3. The van der Waals surface area contributed by atoms with Gasteiger partial charge >= 0.3 is 5.97 Å². The predicted octanol–water partition coefficient (Wildman–Crippen LogP) is 3.98. The molecule has 110 valence electrons. The number of azide groups is 1. The van der Waals surface area contributed by atoms with Crippen LogP contribution in [-0.2, 0) is 4.74 Å². The summed E-state index contributed by atoms with van der Waals surface area (Å²) in [4.78, 5) is 26.5. The van der Waals surface area contributed by atoms with Crippen molar-refractivity contribution in [2.75, 3.05) is 6.61 Å². The maximum absolute atomic E-state index is 12.1. The third kappa shape index (κ3) is 3.13. The van der Waals surface area contributed by atoms with Crippen molar-refractivity contribution < 1.29 is 14.3 Å². The molecule has 0 bridgehead atoms. The van der Waals surface area contributed by atoms with E-state index in [1.54, 1.807) is 55.5 Å². The summed E-state index contributed by atoms with van der Waals surface area (Å²) in [6, 6.07) is 13.5. The summed E-state index contributed by atoms with van der Waals surface area (Å²) in [6.07, 6.45) is 0. The van der Waals surface area contributed by atoms with E-state index in [4.69, 9.17) is 10.3 Å². The fraction of sp³-hybridized carbons (Fsp3) is 0.125. The Morgan fingerprint density at radius 1 is 1.05 bits per heavy atom. The van der Waals surface area contributed by atoms with Crippen LogP contribution in [-0.4, -0.2) is 18.5 Å². The summed E-state index contributed by atoms with van der Waals surface area (Å²) < 4.78 is 5.03. The van der Waals surface area contributed by atoms with Crippen molar-refractivity contribution in [3.63, 3.8) is 0 Å². The van der Waals surface area contributed by atoms with Crippen LogP contribution < -0.4 is 0 Å². The number of hydrogen-bond acceptors (Lipinski definition) is 3. The Hall–Kier alpha value is -3.11. The third-order valence-electron chi connectivity index (χ3n) is 3.01. The van der Waals surface area contributed by atoms with Gasteiger partial charge in [-0.1, -0.05) is 42.5 Å². The van der Waals surface area contributed by atoms with Crippen LogP contribution >= 0.6 is 0 Å². The van der Waals surface area contributed by atoms with Crippen molar-refractivity contribution in [3.8, 4) is 11.1 Å². The van der Waals surface area contributed by atoms with Gasteiger partial charge in [0.25, 0.3) is 0 Å². The largest absolute Gasteiger partial charge is 0.462 e. The Bertz CT molecular complexity index is 765. The summed E-state index contributed by atoms with van der Waals surface area (Å²) in [5.74, 6) is -1.17. The van der Waals surface area contributed by atoms with Gasteiger partial charge in [0.2, 0.25) is 5.91 Å². The van der Waals surface area contributed by atoms with Gasteiger partial charge < -0.3 is 4.74 Å². The molecule has 0 fully saturated rings. The van der Waals surface area contributed by atoms with E-state index in [2.05, 4.69) is 10.0 Å². The quantitative estimate of drug-likeness (QED) is 0.369. The van der Waals surface area contributed by atoms with E-state index in [9.17, 15) is 9.59 Å². The summed E-state index contributed by atoms with van der Waals surface area (Å²) in [6.45, 7) is 1.98. The van der Waals surface area contributed by atoms with Crippen LogP contribution in [0.3, 0.4) is 0 Å². The number of nitrogens with zero attached hydrogens (tertiary/aromatic N) is 3. The van der Waals surface area contributed by atoms with Crippen molar-refractivity contribution in [1.82, 2.24) is 0 Å². The highest BCUT2D eigenvalue weighted by Gasteiger charge is 2.17. The number of amides is 1. The molecule has 0 saturated heterocycles. The van der Waals surface area contributed by atoms with Gasteiger partial charge in [0.1, 0.15) is 0 Å². The minimum Gasteiger partial charge on any atom is -0.462 e. The zero-order valence-corrected chi connectivity index (χ0v) is 11.9. The lowest BCUT2D eigenvalue weighted by Crippen LogP contribution is -2.07. The summed E-state index contributed by atoms with van der Waals surface area (Å²) >= 11 is 0. The van der Waals surface area contributed by atoms with Gasteiger partial charge in [-0.05, 0) is 34.8 Å². The second-order valence-electron chi connectivity index (χ2n) is 4.31. The van der Waals surface area contributed by atoms with E-state index in [1.807, 2.05) is 0 Å². The Labute approximate surface area is 127 Å². The fourth-order valence-electron chi connectivity index (χ4n) is 2.10. The monoisotopic (exact) mass is 295 g/mol. The first-order valence-corrected chi connectivity index (χ1v) is 6.64. The molecule has 2 aromatic rings. The van der Waals surface area contributed by atoms with Crippen molar-refractivity contribution in [2.45, 2.75) is 6.92 Å². The number of carbonyl (C=O) groups is 2. The van der Waals surface area contributed by atoms with Crippen LogP contribution in [0.25, 0.3) is 21.6 Å². The molecular weight excluding hydrogens is 282 g/mol. The number of hydrogen-bond donors (Lipinski definition) is 0. The Morgan fingerprint density at radius 2 is 1.59 bits per heavy atom. The van der Waals surface area contributed by atoms with E-state index in [0.717, 1.165) is 0 Å². The Kier molecular flexibility index (Phi) is 4.90. The molecule has 6 heteroatoms. The van der Waals surface area contributed by atoms with Crippen LogP contribution in [0.1, 0.15) is 27.6 Å². The van der Waals surface area contributed by atoms with Crippen LogP contribution in [0.2, 0.25) is 0 Å². The third-order valence-corrected chi connectivity index (χ3v) is 3.01. The lowest BCUT2D eigenvalue weighted by atomic mass is 9.95. The molecular formula is C16H13N3O3. The molecule has 0 saturated carbocycles. The van der Waals surface area contributed by atoms with Gasteiger partial charge in [-0.15, -0.1) is 0 Å². The first-order chi connectivity index (χ1) is 10.7. The maximum Gasteiger partial charge on any atom is 0.338 e. The topological polar surface area (TPSA) is 92.1 Å². The molecule has 0 spiro atoms. The SMILES string of the molecule is CCOC(=O)c1ccccc1-c1ccccc1C(=O)N=[N+]=[N-]. The first-order valence-electron chi connectivity index (χ1n) is 6.64. The highest BCUT2D eigenvalue weighted by molar-refractivity contribution is 6.05. The second-order valence-corrected chi connectivity index (χ2v) is 4.31. The van der Waals surface area contributed by atoms with Crippen LogP contribution in [0.4, 0.5) is 0 Å². The highest BCUT2D eigenvalue weighted by atomic mass is 16.5. The van der Waals surface area contributed by atoms with E-state index in [1.165, 1.54) is 0 Å².